The fraction of sp³-hybridized carbons (Fsp3) is 0.150. The van der Waals surface area contributed by atoms with Crippen molar-refractivity contribution in [3.8, 4) is 11.4 Å². The Hall–Kier alpha value is -3.32. The fourth-order valence-electron chi connectivity index (χ4n) is 2.46. The summed E-state index contributed by atoms with van der Waals surface area (Å²) in [5.41, 5.74) is 1.70. The second kappa shape index (κ2) is 9.05. The van der Waals surface area contributed by atoms with Crippen molar-refractivity contribution in [1.29, 1.82) is 0 Å². The molecule has 1 aromatic heterocycles. The van der Waals surface area contributed by atoms with Gasteiger partial charge in [0.25, 0.3) is 11.8 Å². The summed E-state index contributed by atoms with van der Waals surface area (Å²) in [7, 11) is 0. The van der Waals surface area contributed by atoms with Crippen LogP contribution in [0.5, 0.6) is 5.75 Å². The van der Waals surface area contributed by atoms with Gasteiger partial charge in [-0.25, -0.2) is 4.68 Å². The maximum Gasteiger partial charge on any atom is 0.258 e. The van der Waals surface area contributed by atoms with Gasteiger partial charge in [0.15, 0.2) is 6.61 Å². The van der Waals surface area contributed by atoms with Crippen molar-refractivity contribution < 1.29 is 14.3 Å². The molecule has 7 nitrogen and oxygen atoms in total. The van der Waals surface area contributed by atoms with Crippen LogP contribution in [0.15, 0.2) is 60.9 Å². The number of amides is 2. The first kappa shape index (κ1) is 19.4. The number of carbonyl (C=O) groups is 2. The molecule has 2 amide bonds. The minimum absolute atomic E-state index is 0.0857. The molecular formula is C20H19ClN4O3. The molecule has 0 aliphatic rings. The zero-order chi connectivity index (χ0) is 19.9. The largest absolute Gasteiger partial charge is 0.484 e. The second-order valence-electron chi connectivity index (χ2n) is 5.88. The summed E-state index contributed by atoms with van der Waals surface area (Å²) in [6.07, 6.45) is 3.10. The van der Waals surface area contributed by atoms with Gasteiger partial charge in [-0.05, 0) is 37.3 Å². The molecule has 0 unspecified atom stereocenters. The Bertz CT molecular complexity index is 987. The molecule has 0 saturated heterocycles. The molecular weight excluding hydrogens is 380 g/mol. The van der Waals surface area contributed by atoms with Gasteiger partial charge in [0.1, 0.15) is 5.75 Å². The molecule has 2 N–H and O–H groups in total. The average Bonchev–Trinajstić information content (AvgIpc) is 3.17. The smallest absolute Gasteiger partial charge is 0.258 e. The molecule has 0 atom stereocenters. The van der Waals surface area contributed by atoms with E-state index in [1.165, 1.54) is 6.20 Å². The third-order valence-electron chi connectivity index (χ3n) is 3.75. The number of halogens is 1. The number of likely N-dealkylation sites (N-methyl/N-ethyl adjacent to an activating group) is 1. The summed E-state index contributed by atoms with van der Waals surface area (Å²) in [5.74, 6) is -0.0294. The summed E-state index contributed by atoms with van der Waals surface area (Å²) in [6, 6.07) is 14.0. The highest BCUT2D eigenvalue weighted by Crippen LogP contribution is 2.19. The first-order valence-electron chi connectivity index (χ1n) is 8.66. The van der Waals surface area contributed by atoms with Crippen molar-refractivity contribution in [2.75, 3.05) is 18.5 Å². The highest BCUT2D eigenvalue weighted by molar-refractivity contribution is 6.30. The number of hydrogen-bond acceptors (Lipinski definition) is 4. The number of benzene rings is 2. The van der Waals surface area contributed by atoms with E-state index in [1.54, 1.807) is 47.3 Å². The molecule has 0 fully saturated rings. The maximum atomic E-state index is 12.5. The predicted octanol–water partition coefficient (Wildman–Crippen LogP) is 3.29. The zero-order valence-corrected chi connectivity index (χ0v) is 15.9. The Morgan fingerprint density at radius 1 is 1.18 bits per heavy atom. The van der Waals surface area contributed by atoms with Crippen LogP contribution >= 0.6 is 11.6 Å². The number of nitrogens with one attached hydrogen (secondary N) is 2. The minimum atomic E-state index is -0.311. The summed E-state index contributed by atoms with van der Waals surface area (Å²) in [6.45, 7) is 2.29. The van der Waals surface area contributed by atoms with E-state index in [0.717, 1.165) is 5.69 Å². The lowest BCUT2D eigenvalue weighted by Gasteiger charge is -2.08. The van der Waals surface area contributed by atoms with Crippen molar-refractivity contribution in [2.24, 2.45) is 0 Å². The van der Waals surface area contributed by atoms with Crippen molar-refractivity contribution >= 4 is 29.1 Å². The quantitative estimate of drug-likeness (QED) is 0.639. The van der Waals surface area contributed by atoms with Crippen LogP contribution in [0.1, 0.15) is 17.3 Å². The van der Waals surface area contributed by atoms with E-state index in [0.29, 0.717) is 28.6 Å². The van der Waals surface area contributed by atoms with Crippen LogP contribution < -0.4 is 15.4 Å². The van der Waals surface area contributed by atoms with Gasteiger partial charge in [0, 0.05) is 29.5 Å². The van der Waals surface area contributed by atoms with E-state index in [-0.39, 0.29) is 18.4 Å². The van der Waals surface area contributed by atoms with Gasteiger partial charge >= 0.3 is 0 Å². The monoisotopic (exact) mass is 398 g/mol. The maximum absolute atomic E-state index is 12.5. The normalized spacial score (nSPS) is 10.4. The number of nitrogens with zero attached hydrogens (tertiary/aromatic N) is 2. The van der Waals surface area contributed by atoms with Crippen LogP contribution in [0.3, 0.4) is 0 Å². The number of hydrogen-bond donors (Lipinski definition) is 2. The Labute approximate surface area is 167 Å². The summed E-state index contributed by atoms with van der Waals surface area (Å²) in [4.78, 5) is 24.0. The van der Waals surface area contributed by atoms with Gasteiger partial charge in [-0.1, -0.05) is 23.7 Å². The SMILES string of the molecule is CCNC(=O)COc1cccc(NC(=O)c2cnn(-c3cccc(Cl)c3)c2)c1. The van der Waals surface area contributed by atoms with Crippen LogP contribution in [0.2, 0.25) is 5.02 Å². The first-order valence-corrected chi connectivity index (χ1v) is 9.04. The highest BCUT2D eigenvalue weighted by atomic mass is 35.5. The van der Waals surface area contributed by atoms with Gasteiger partial charge < -0.3 is 15.4 Å². The van der Waals surface area contributed by atoms with E-state index in [9.17, 15) is 9.59 Å². The summed E-state index contributed by atoms with van der Waals surface area (Å²) < 4.78 is 7.01. The van der Waals surface area contributed by atoms with Crippen molar-refractivity contribution in [2.45, 2.75) is 6.92 Å². The van der Waals surface area contributed by atoms with Crippen LogP contribution in [-0.2, 0) is 4.79 Å². The number of rotatable bonds is 7. The van der Waals surface area contributed by atoms with Gasteiger partial charge in [-0.3, -0.25) is 9.59 Å². The van der Waals surface area contributed by atoms with Gasteiger partial charge in [-0.15, -0.1) is 0 Å². The lowest BCUT2D eigenvalue weighted by atomic mass is 10.2. The predicted molar refractivity (Wildman–Crippen MR) is 107 cm³/mol. The van der Waals surface area contributed by atoms with Crippen molar-refractivity contribution in [3.63, 3.8) is 0 Å². The molecule has 0 aliphatic heterocycles. The molecule has 0 aliphatic carbocycles. The third kappa shape index (κ3) is 5.11. The van der Waals surface area contributed by atoms with E-state index < -0.39 is 0 Å². The standard InChI is InChI=1S/C20H19ClN4O3/c1-2-22-19(26)13-28-18-8-4-6-16(10-18)24-20(27)14-11-23-25(12-14)17-7-3-5-15(21)9-17/h3-12H,2,13H2,1H3,(H,22,26)(H,24,27). The molecule has 0 spiro atoms. The Morgan fingerprint density at radius 2 is 2.00 bits per heavy atom. The Balaban J connectivity index is 1.65. The van der Waals surface area contributed by atoms with Gasteiger partial charge in [-0.2, -0.15) is 5.10 Å². The van der Waals surface area contributed by atoms with Crippen LogP contribution in [0, 0.1) is 0 Å². The summed E-state index contributed by atoms with van der Waals surface area (Å²) in [5, 5.41) is 10.2. The van der Waals surface area contributed by atoms with E-state index in [2.05, 4.69) is 15.7 Å². The van der Waals surface area contributed by atoms with Crippen molar-refractivity contribution in [3.05, 3.63) is 71.5 Å². The molecule has 0 bridgehead atoms. The van der Waals surface area contributed by atoms with E-state index >= 15 is 0 Å². The van der Waals surface area contributed by atoms with E-state index in [4.69, 9.17) is 16.3 Å². The zero-order valence-electron chi connectivity index (χ0n) is 15.2. The molecule has 1 heterocycles. The molecule has 144 valence electrons. The molecule has 0 saturated carbocycles. The average molecular weight is 399 g/mol. The van der Waals surface area contributed by atoms with Crippen LogP contribution in [0.4, 0.5) is 5.69 Å². The molecule has 28 heavy (non-hydrogen) atoms. The van der Waals surface area contributed by atoms with Crippen molar-refractivity contribution in [1.82, 2.24) is 15.1 Å². The molecule has 3 rings (SSSR count). The number of ether oxygens (including phenoxy) is 1. The first-order chi connectivity index (χ1) is 13.5. The fourth-order valence-corrected chi connectivity index (χ4v) is 2.65. The lowest BCUT2D eigenvalue weighted by Crippen LogP contribution is -2.28. The summed E-state index contributed by atoms with van der Waals surface area (Å²) >= 11 is 5.99. The van der Waals surface area contributed by atoms with Gasteiger partial charge in [0.2, 0.25) is 0 Å². The second-order valence-corrected chi connectivity index (χ2v) is 6.31. The number of anilines is 1. The van der Waals surface area contributed by atoms with Crippen LogP contribution in [-0.4, -0.2) is 34.7 Å². The Morgan fingerprint density at radius 3 is 2.79 bits per heavy atom. The molecule has 2 aromatic carbocycles. The third-order valence-corrected chi connectivity index (χ3v) is 3.99. The Kier molecular flexibility index (Phi) is 6.29. The van der Waals surface area contributed by atoms with Crippen LogP contribution in [0.25, 0.3) is 5.69 Å². The topological polar surface area (TPSA) is 85.2 Å². The minimum Gasteiger partial charge on any atom is -0.484 e. The van der Waals surface area contributed by atoms with E-state index in [1.807, 2.05) is 19.1 Å². The molecule has 3 aromatic rings. The number of aromatic nitrogens is 2. The lowest BCUT2D eigenvalue weighted by molar-refractivity contribution is -0.122. The van der Waals surface area contributed by atoms with Gasteiger partial charge in [0.05, 0.1) is 17.4 Å². The molecule has 8 heteroatoms. The molecule has 0 radical (unpaired) electrons. The highest BCUT2D eigenvalue weighted by Gasteiger charge is 2.11. The number of carbonyl (C=O) groups excluding carboxylic acids is 2.